The molecule has 2 amide bonds. The van der Waals surface area contributed by atoms with Crippen molar-refractivity contribution in [3.05, 3.63) is 35.9 Å². The van der Waals surface area contributed by atoms with Crippen LogP contribution in [0.3, 0.4) is 0 Å². The standard InChI is InChI=1S/C17H17FN4O3/c1-9(17(24)22-7-11-5-12(11)8-22)19-15(23)14-20-16(25-21-14)10-3-2-4-13(18)6-10/h2-4,6,9,11-12H,5,7-8H2,1H3,(H,19,23)/t9-,11?,12?/m0/s1. The zero-order chi connectivity index (χ0) is 17.6. The number of likely N-dealkylation sites (tertiary alicyclic amines) is 1. The van der Waals surface area contributed by atoms with Crippen LogP contribution in [-0.2, 0) is 4.79 Å². The zero-order valence-electron chi connectivity index (χ0n) is 13.6. The van der Waals surface area contributed by atoms with Crippen molar-refractivity contribution in [2.24, 2.45) is 11.8 Å². The number of halogens is 1. The lowest BCUT2D eigenvalue weighted by atomic mass is 10.2. The van der Waals surface area contributed by atoms with Crippen LogP contribution in [0.2, 0.25) is 0 Å². The van der Waals surface area contributed by atoms with E-state index in [1.54, 1.807) is 17.9 Å². The number of rotatable bonds is 4. The van der Waals surface area contributed by atoms with Gasteiger partial charge in [-0.05, 0) is 43.4 Å². The second-order valence-electron chi connectivity index (χ2n) is 6.63. The molecule has 2 aliphatic rings. The van der Waals surface area contributed by atoms with Crippen molar-refractivity contribution in [1.82, 2.24) is 20.4 Å². The first kappa shape index (κ1) is 15.7. The SMILES string of the molecule is C[C@H](NC(=O)c1noc(-c2cccc(F)c2)n1)C(=O)N1CC2CC2C1. The number of hydrogen-bond acceptors (Lipinski definition) is 5. The third-order valence-corrected chi connectivity index (χ3v) is 4.71. The number of piperidine rings is 1. The molecule has 0 radical (unpaired) electrons. The van der Waals surface area contributed by atoms with Crippen LogP contribution < -0.4 is 5.32 Å². The van der Waals surface area contributed by atoms with Gasteiger partial charge in [0.15, 0.2) is 0 Å². The topological polar surface area (TPSA) is 88.3 Å². The van der Waals surface area contributed by atoms with Crippen LogP contribution in [0.25, 0.3) is 11.5 Å². The van der Waals surface area contributed by atoms with Crippen molar-refractivity contribution in [1.29, 1.82) is 0 Å². The van der Waals surface area contributed by atoms with Gasteiger partial charge < -0.3 is 14.7 Å². The van der Waals surface area contributed by atoms with E-state index in [4.69, 9.17) is 4.52 Å². The number of fused-ring (bicyclic) bond motifs is 1. The van der Waals surface area contributed by atoms with E-state index in [0.717, 1.165) is 13.1 Å². The Labute approximate surface area is 143 Å². The molecule has 0 bridgehead atoms. The van der Waals surface area contributed by atoms with E-state index in [-0.39, 0.29) is 17.6 Å². The molecule has 1 saturated carbocycles. The van der Waals surface area contributed by atoms with Crippen LogP contribution in [0.1, 0.15) is 24.0 Å². The van der Waals surface area contributed by atoms with Gasteiger partial charge in [0.1, 0.15) is 11.9 Å². The third-order valence-electron chi connectivity index (χ3n) is 4.71. The number of nitrogens with one attached hydrogen (secondary N) is 1. The normalized spacial score (nSPS) is 22.4. The quantitative estimate of drug-likeness (QED) is 0.907. The lowest BCUT2D eigenvalue weighted by Crippen LogP contribution is -2.46. The molecule has 1 aromatic carbocycles. The maximum Gasteiger partial charge on any atom is 0.293 e. The van der Waals surface area contributed by atoms with E-state index in [0.29, 0.717) is 17.4 Å². The summed E-state index contributed by atoms with van der Waals surface area (Å²) in [6.07, 6.45) is 1.20. The Morgan fingerprint density at radius 1 is 1.36 bits per heavy atom. The minimum absolute atomic E-state index is 0.0447. The van der Waals surface area contributed by atoms with Crippen molar-refractivity contribution in [3.8, 4) is 11.5 Å². The highest BCUT2D eigenvalue weighted by Gasteiger charge is 2.47. The minimum atomic E-state index is -0.666. The molecule has 4 rings (SSSR count). The fourth-order valence-corrected chi connectivity index (χ4v) is 3.23. The first-order valence-electron chi connectivity index (χ1n) is 8.20. The van der Waals surface area contributed by atoms with Gasteiger partial charge in [-0.2, -0.15) is 4.98 Å². The van der Waals surface area contributed by atoms with Crippen LogP contribution in [-0.4, -0.2) is 46.0 Å². The lowest BCUT2D eigenvalue weighted by Gasteiger charge is -2.22. The van der Waals surface area contributed by atoms with Crippen molar-refractivity contribution in [2.45, 2.75) is 19.4 Å². The molecule has 25 heavy (non-hydrogen) atoms. The first-order valence-corrected chi connectivity index (χ1v) is 8.20. The van der Waals surface area contributed by atoms with E-state index in [1.165, 1.54) is 24.6 Å². The molecule has 0 spiro atoms. The summed E-state index contributed by atoms with van der Waals surface area (Å²) in [5, 5.41) is 6.20. The van der Waals surface area contributed by atoms with E-state index >= 15 is 0 Å². The van der Waals surface area contributed by atoms with Crippen LogP contribution >= 0.6 is 0 Å². The van der Waals surface area contributed by atoms with Gasteiger partial charge in [-0.15, -0.1) is 0 Å². The number of carbonyl (C=O) groups excluding carboxylic acids is 2. The number of hydrogen-bond donors (Lipinski definition) is 1. The predicted octanol–water partition coefficient (Wildman–Crippen LogP) is 1.47. The second kappa shape index (κ2) is 5.94. The molecule has 2 heterocycles. The number of amides is 2. The Bertz CT molecular complexity index is 827. The van der Waals surface area contributed by atoms with Crippen LogP contribution in [0, 0.1) is 17.7 Å². The average molecular weight is 344 g/mol. The molecule has 130 valence electrons. The lowest BCUT2D eigenvalue weighted by molar-refractivity contribution is -0.132. The van der Waals surface area contributed by atoms with Crippen LogP contribution in [0.5, 0.6) is 0 Å². The van der Waals surface area contributed by atoms with Crippen molar-refractivity contribution < 1.29 is 18.5 Å². The molecule has 3 atom stereocenters. The minimum Gasteiger partial charge on any atom is -0.340 e. The van der Waals surface area contributed by atoms with E-state index in [9.17, 15) is 14.0 Å². The maximum absolute atomic E-state index is 13.2. The Morgan fingerprint density at radius 3 is 2.84 bits per heavy atom. The van der Waals surface area contributed by atoms with Gasteiger partial charge in [-0.1, -0.05) is 11.2 Å². The molecule has 2 fully saturated rings. The number of nitrogens with zero attached hydrogens (tertiary/aromatic N) is 3. The second-order valence-corrected chi connectivity index (χ2v) is 6.63. The van der Waals surface area contributed by atoms with E-state index in [1.807, 2.05) is 0 Å². The molecule has 1 aromatic heterocycles. The first-order chi connectivity index (χ1) is 12.0. The van der Waals surface area contributed by atoms with Gasteiger partial charge >= 0.3 is 0 Å². The fourth-order valence-electron chi connectivity index (χ4n) is 3.23. The average Bonchev–Trinajstić information content (AvgIpc) is 3.02. The van der Waals surface area contributed by atoms with Crippen LogP contribution in [0.4, 0.5) is 4.39 Å². The van der Waals surface area contributed by atoms with Gasteiger partial charge in [0, 0.05) is 18.7 Å². The third kappa shape index (κ3) is 3.11. The molecule has 2 unspecified atom stereocenters. The molecule has 7 nitrogen and oxygen atoms in total. The molecule has 1 aliphatic carbocycles. The van der Waals surface area contributed by atoms with Gasteiger partial charge in [0.05, 0.1) is 0 Å². The highest BCUT2D eigenvalue weighted by Crippen LogP contribution is 2.44. The van der Waals surface area contributed by atoms with Gasteiger partial charge in [0.2, 0.25) is 5.91 Å². The summed E-state index contributed by atoms with van der Waals surface area (Å²) in [6.45, 7) is 3.18. The number of aromatic nitrogens is 2. The highest BCUT2D eigenvalue weighted by molar-refractivity contribution is 5.94. The van der Waals surface area contributed by atoms with Gasteiger partial charge in [-0.25, -0.2) is 4.39 Å². The van der Waals surface area contributed by atoms with Crippen molar-refractivity contribution in [2.75, 3.05) is 13.1 Å². The smallest absolute Gasteiger partial charge is 0.293 e. The monoisotopic (exact) mass is 344 g/mol. The summed E-state index contributed by atoms with van der Waals surface area (Å²) in [7, 11) is 0. The fraction of sp³-hybridized carbons (Fsp3) is 0.412. The summed E-state index contributed by atoms with van der Waals surface area (Å²) in [6, 6.07) is 4.98. The summed E-state index contributed by atoms with van der Waals surface area (Å²) in [4.78, 5) is 30.3. The Hall–Kier alpha value is -2.77. The van der Waals surface area contributed by atoms with Gasteiger partial charge in [0.25, 0.3) is 17.6 Å². The number of carbonyl (C=O) groups is 2. The summed E-state index contributed by atoms with van der Waals surface area (Å²) >= 11 is 0. The maximum atomic E-state index is 13.2. The predicted molar refractivity (Wildman–Crippen MR) is 84.8 cm³/mol. The summed E-state index contributed by atoms with van der Waals surface area (Å²) < 4.78 is 18.3. The summed E-state index contributed by atoms with van der Waals surface area (Å²) in [5.41, 5.74) is 0.381. The molecule has 2 aromatic rings. The highest BCUT2D eigenvalue weighted by atomic mass is 19.1. The van der Waals surface area contributed by atoms with Gasteiger partial charge in [-0.3, -0.25) is 9.59 Å². The molecular weight excluding hydrogens is 327 g/mol. The number of benzene rings is 1. The van der Waals surface area contributed by atoms with E-state index in [2.05, 4.69) is 15.5 Å². The molecule has 1 saturated heterocycles. The van der Waals surface area contributed by atoms with Crippen molar-refractivity contribution >= 4 is 11.8 Å². The largest absolute Gasteiger partial charge is 0.340 e. The molecule has 8 heteroatoms. The molecule has 1 N–H and O–H groups in total. The molecular formula is C17H17FN4O3. The molecule has 1 aliphatic heterocycles. The van der Waals surface area contributed by atoms with Crippen molar-refractivity contribution in [3.63, 3.8) is 0 Å². The Balaban J connectivity index is 1.40. The Morgan fingerprint density at radius 2 is 2.12 bits per heavy atom. The van der Waals surface area contributed by atoms with Crippen LogP contribution in [0.15, 0.2) is 28.8 Å². The van der Waals surface area contributed by atoms with E-state index < -0.39 is 17.8 Å². The summed E-state index contributed by atoms with van der Waals surface area (Å²) in [5.74, 6) is -0.0159. The zero-order valence-corrected chi connectivity index (χ0v) is 13.6. The Kier molecular flexibility index (Phi) is 3.74.